The quantitative estimate of drug-likeness (QED) is 0.260. The van der Waals surface area contributed by atoms with Crippen molar-refractivity contribution in [2.75, 3.05) is 0 Å². The van der Waals surface area contributed by atoms with E-state index in [-0.39, 0.29) is 11.6 Å². The second kappa shape index (κ2) is 6.75. The molecule has 0 N–H and O–H groups in total. The minimum atomic E-state index is -11.1. The summed E-state index contributed by atoms with van der Waals surface area (Å²) in [6.07, 6.45) is 0. The van der Waals surface area contributed by atoms with Gasteiger partial charge in [0.15, 0.2) is 0 Å². The summed E-state index contributed by atoms with van der Waals surface area (Å²) in [5.41, 5.74) is 1.40. The molecule has 0 amide bonds. The summed E-state index contributed by atoms with van der Waals surface area (Å²) in [7, 11) is 0. The molecule has 0 radical (unpaired) electrons. The van der Waals surface area contributed by atoms with Crippen LogP contribution in [-0.2, 0) is 0 Å². The van der Waals surface area contributed by atoms with Gasteiger partial charge in [-0.15, -0.1) is 0 Å². The molecule has 3 aromatic rings. The van der Waals surface area contributed by atoms with Gasteiger partial charge in [0, 0.05) is 11.1 Å². The summed E-state index contributed by atoms with van der Waals surface area (Å²) >= 11 is -10.1. The van der Waals surface area contributed by atoms with Gasteiger partial charge >= 0.3 is 46.7 Å². The molecule has 146 valence electrons. The van der Waals surface area contributed by atoms with E-state index in [1.807, 2.05) is 0 Å². The number of nitrogens with zero attached hydrogens (tertiary/aromatic N) is 3. The molecule has 1 heterocycles. The Kier molecular flexibility index (Phi) is 5.28. The molecule has 0 aliphatic heterocycles. The molecule has 0 unspecified atom stereocenters. The summed E-state index contributed by atoms with van der Waals surface area (Å²) in [6.45, 7) is 0. The Morgan fingerprint density at radius 3 is 1.19 bits per heavy atom. The van der Waals surface area contributed by atoms with Crippen LogP contribution in [0.5, 0.6) is 0 Å². The predicted octanol–water partition coefficient (Wildman–Crippen LogP) is 5.97. The zero-order chi connectivity index (χ0) is 20.4. The van der Waals surface area contributed by atoms with Crippen molar-refractivity contribution >= 4 is 25.9 Å². The number of hydrogen-bond acceptors (Lipinski definition) is 3. The molecule has 0 aliphatic carbocycles. The molecule has 0 bridgehead atoms. The van der Waals surface area contributed by atoms with Gasteiger partial charge in [-0.2, -0.15) is 4.98 Å². The van der Waals surface area contributed by atoms with Gasteiger partial charge in [-0.05, 0) is 48.5 Å². The van der Waals surface area contributed by atoms with E-state index < -0.39 is 14.2 Å². The summed E-state index contributed by atoms with van der Waals surface area (Å²) < 4.78 is 93.4. The third kappa shape index (κ3) is 8.82. The minimum Gasteiger partial charge on any atom is -0.207 e. The van der Waals surface area contributed by atoms with E-state index in [0.29, 0.717) is 22.8 Å². The summed E-state index contributed by atoms with van der Waals surface area (Å²) in [4.78, 5) is 4.32. The fourth-order valence-electron chi connectivity index (χ4n) is 1.67. The second-order valence-corrected chi connectivity index (χ2v) is 9.55. The van der Waals surface area contributed by atoms with Crippen LogP contribution in [-0.4, -0.2) is 27.9 Å². The van der Waals surface area contributed by atoms with Crippen molar-refractivity contribution in [1.82, 2.24) is 13.7 Å². The zero-order valence-electron chi connectivity index (χ0n) is 12.8. The van der Waals surface area contributed by atoms with Crippen LogP contribution in [0.3, 0.4) is 0 Å². The van der Waals surface area contributed by atoms with E-state index in [1.165, 1.54) is 24.3 Å². The van der Waals surface area contributed by atoms with E-state index >= 15 is 0 Å². The largest absolute Gasteiger partial charge is 0.511 e. The Morgan fingerprint density at radius 1 is 0.593 bits per heavy atom. The molecular formula is C14H8AsF8N3S. The van der Waals surface area contributed by atoms with E-state index in [9.17, 15) is 29.6 Å². The molecule has 0 atom stereocenters. The Labute approximate surface area is 152 Å². The second-order valence-electron chi connectivity index (χ2n) is 5.00. The summed E-state index contributed by atoms with van der Waals surface area (Å²) in [6, 6.07) is 11.8. The van der Waals surface area contributed by atoms with Gasteiger partial charge in [0.25, 0.3) is 0 Å². The molecule has 3 nitrogen and oxygen atoms in total. The molecule has 0 fully saturated rings. The minimum absolute atomic E-state index is 0.315. The van der Waals surface area contributed by atoms with Crippen molar-refractivity contribution in [3.8, 4) is 22.8 Å². The Hall–Kier alpha value is -2.20. The van der Waals surface area contributed by atoms with Crippen LogP contribution in [0.15, 0.2) is 48.5 Å². The molecule has 27 heavy (non-hydrogen) atoms. The maximum atomic E-state index is 12.9. The third-order valence-corrected chi connectivity index (χ3v) is 3.18. The van der Waals surface area contributed by atoms with Crippen LogP contribution in [0.4, 0.5) is 29.6 Å². The molecule has 0 spiro atoms. The molecule has 0 saturated heterocycles. The summed E-state index contributed by atoms with van der Waals surface area (Å²) in [5, 5.41) is 0. The molecule has 1 aromatic heterocycles. The first-order valence-corrected chi connectivity index (χ1v) is 11.8. The standard InChI is InChI=1S/C14H8F2N3S.AsF6/c15-11-5-1-9(2-6-11)13-17-14(19-20-18-13)10-3-7-12(16)8-4-10;2-1(3,4,5,6)7/h1-8H;/q+1;-1. The van der Waals surface area contributed by atoms with Crippen LogP contribution >= 0.6 is 11.7 Å². The van der Waals surface area contributed by atoms with Gasteiger partial charge in [-0.1, -0.05) is 0 Å². The predicted molar refractivity (Wildman–Crippen MR) is 85.3 cm³/mol. The van der Waals surface area contributed by atoms with Gasteiger partial charge in [0.05, 0.1) is 8.75 Å². The van der Waals surface area contributed by atoms with Gasteiger partial charge in [0.2, 0.25) is 11.6 Å². The van der Waals surface area contributed by atoms with Gasteiger partial charge in [-0.25, -0.2) is 8.78 Å². The zero-order valence-corrected chi connectivity index (χ0v) is 15.5. The average molecular weight is 477 g/mol. The monoisotopic (exact) mass is 477 g/mol. The van der Waals surface area contributed by atoms with E-state index in [4.69, 9.17) is 0 Å². The molecule has 13 heteroatoms. The number of rotatable bonds is 2. The number of aromatic nitrogens is 3. The maximum Gasteiger partial charge on any atom is 0.511 e. The summed E-state index contributed by atoms with van der Waals surface area (Å²) in [5.74, 6) is 0.295. The van der Waals surface area contributed by atoms with Crippen molar-refractivity contribution in [2.24, 2.45) is 0 Å². The van der Waals surface area contributed by atoms with Crippen LogP contribution < -0.4 is 0 Å². The normalized spacial score (nSPS) is 13.8. The van der Waals surface area contributed by atoms with Crippen LogP contribution in [0.2, 0.25) is 0 Å². The molecule has 2 aromatic carbocycles. The van der Waals surface area contributed by atoms with Crippen LogP contribution in [0.25, 0.3) is 22.8 Å². The first kappa shape index (κ1) is 21.1. The Balaban J connectivity index is 0.000000321. The van der Waals surface area contributed by atoms with Crippen molar-refractivity contribution < 1.29 is 29.6 Å². The van der Waals surface area contributed by atoms with Crippen molar-refractivity contribution in [1.29, 1.82) is 0 Å². The maximum absolute atomic E-state index is 12.9. The van der Waals surface area contributed by atoms with E-state index in [1.54, 1.807) is 24.3 Å². The topological polar surface area (TPSA) is 38.7 Å². The van der Waals surface area contributed by atoms with Gasteiger partial charge in [0.1, 0.15) is 11.6 Å². The fourth-order valence-corrected chi connectivity index (χ4v) is 2.16. The Morgan fingerprint density at radius 2 is 0.889 bits per heavy atom. The average Bonchev–Trinajstić information content (AvgIpc) is 2.53. The molecule has 3 rings (SSSR count). The van der Waals surface area contributed by atoms with E-state index in [2.05, 4.69) is 13.7 Å². The third-order valence-electron chi connectivity index (χ3n) is 2.67. The molecular weight excluding hydrogens is 469 g/mol. The number of hydrogen-bond donors (Lipinski definition) is 0. The van der Waals surface area contributed by atoms with Crippen molar-refractivity contribution in [2.45, 2.75) is 0 Å². The first-order chi connectivity index (χ1) is 12.2. The van der Waals surface area contributed by atoms with Gasteiger partial charge in [-0.3, -0.25) is 0 Å². The first-order valence-electron chi connectivity index (χ1n) is 6.79. The van der Waals surface area contributed by atoms with Crippen LogP contribution in [0, 0.1) is 11.6 Å². The van der Waals surface area contributed by atoms with Crippen molar-refractivity contribution in [3.63, 3.8) is 0 Å². The fraction of sp³-hybridized carbons (Fsp3) is 0. The number of benzene rings is 2. The SMILES string of the molecule is F[As-](F)(F)(F)(F)F.Fc1ccc(-c2n[s+]nc(-c3ccc(F)cc3)n2)cc1. The smallest absolute Gasteiger partial charge is 0.207 e. The van der Waals surface area contributed by atoms with Crippen LogP contribution in [0.1, 0.15) is 0 Å². The van der Waals surface area contributed by atoms with Crippen molar-refractivity contribution in [3.05, 3.63) is 60.2 Å². The molecule has 0 saturated carbocycles. The molecule has 0 aliphatic rings. The van der Waals surface area contributed by atoms with E-state index in [0.717, 1.165) is 11.7 Å². The number of halogens is 8. The Bertz CT molecular complexity index is 860. The van der Waals surface area contributed by atoms with Gasteiger partial charge < -0.3 is 0 Å².